The Balaban J connectivity index is 2.33. The number of rotatable bonds is 4. The number of carbonyl (C=O) groups excluding carboxylic acids is 1. The maximum absolute atomic E-state index is 11.2. The summed E-state index contributed by atoms with van der Waals surface area (Å²) in [6.45, 7) is 0. The van der Waals surface area contributed by atoms with Crippen molar-refractivity contribution in [1.29, 1.82) is 0 Å². The molecule has 0 aliphatic heterocycles. The van der Waals surface area contributed by atoms with Gasteiger partial charge in [0.15, 0.2) is 0 Å². The Morgan fingerprint density at radius 2 is 1.70 bits per heavy atom. The third-order valence-corrected chi connectivity index (χ3v) is 3.28. The van der Waals surface area contributed by atoms with Crippen LogP contribution in [-0.4, -0.2) is 20.6 Å². The number of nitrogens with one attached hydrogen (secondary N) is 1. The minimum Gasteiger partial charge on any atom is -0.366 e. The molecule has 0 saturated heterocycles. The standard InChI is InChI=1S/C14H14N2O3S/c1-20(18,19)16-13-4-2-3-12(9-13)10-5-7-11(8-6-10)14(15)17/h2-9,16H,1H3,(H2,15,17). The Morgan fingerprint density at radius 3 is 2.25 bits per heavy atom. The summed E-state index contributed by atoms with van der Waals surface area (Å²) in [6.07, 6.45) is 1.10. The normalized spacial score (nSPS) is 11.1. The lowest BCUT2D eigenvalue weighted by Gasteiger charge is -2.07. The Bertz CT molecular complexity index is 737. The van der Waals surface area contributed by atoms with Crippen molar-refractivity contribution in [3.63, 3.8) is 0 Å². The van der Waals surface area contributed by atoms with E-state index in [1.165, 1.54) is 0 Å². The van der Waals surface area contributed by atoms with E-state index < -0.39 is 15.9 Å². The second-order valence-corrected chi connectivity index (χ2v) is 6.15. The van der Waals surface area contributed by atoms with Crippen LogP contribution in [-0.2, 0) is 10.0 Å². The zero-order chi connectivity index (χ0) is 14.8. The lowest BCUT2D eigenvalue weighted by Crippen LogP contribution is -2.10. The van der Waals surface area contributed by atoms with Crippen LogP contribution >= 0.6 is 0 Å². The van der Waals surface area contributed by atoms with Gasteiger partial charge in [0.05, 0.1) is 6.26 Å². The van der Waals surface area contributed by atoms with E-state index in [0.29, 0.717) is 11.3 Å². The maximum atomic E-state index is 11.2. The fraction of sp³-hybridized carbons (Fsp3) is 0.0714. The molecule has 1 amide bonds. The molecule has 0 unspecified atom stereocenters. The average Bonchev–Trinajstić information content (AvgIpc) is 2.37. The third kappa shape index (κ3) is 3.58. The van der Waals surface area contributed by atoms with E-state index in [2.05, 4.69) is 4.72 Å². The van der Waals surface area contributed by atoms with Crippen LogP contribution in [0.1, 0.15) is 10.4 Å². The van der Waals surface area contributed by atoms with E-state index >= 15 is 0 Å². The van der Waals surface area contributed by atoms with E-state index in [1.54, 1.807) is 42.5 Å². The van der Waals surface area contributed by atoms with Gasteiger partial charge in [-0.1, -0.05) is 24.3 Å². The molecule has 0 bridgehead atoms. The molecule has 0 saturated carbocycles. The number of carbonyl (C=O) groups is 1. The maximum Gasteiger partial charge on any atom is 0.248 e. The summed E-state index contributed by atoms with van der Waals surface area (Å²) < 4.78 is 24.8. The zero-order valence-electron chi connectivity index (χ0n) is 10.8. The molecule has 0 spiro atoms. The van der Waals surface area contributed by atoms with Crippen molar-refractivity contribution >= 4 is 21.6 Å². The van der Waals surface area contributed by atoms with Crippen molar-refractivity contribution in [3.05, 3.63) is 54.1 Å². The summed E-state index contributed by atoms with van der Waals surface area (Å²) >= 11 is 0. The molecule has 20 heavy (non-hydrogen) atoms. The molecule has 0 aliphatic carbocycles. The lowest BCUT2D eigenvalue weighted by molar-refractivity contribution is 0.100. The fourth-order valence-corrected chi connectivity index (χ4v) is 2.36. The number of hydrogen-bond acceptors (Lipinski definition) is 3. The molecule has 0 aromatic heterocycles. The molecule has 0 heterocycles. The Morgan fingerprint density at radius 1 is 1.05 bits per heavy atom. The van der Waals surface area contributed by atoms with Crippen molar-refractivity contribution in [3.8, 4) is 11.1 Å². The van der Waals surface area contributed by atoms with Crippen LogP contribution < -0.4 is 10.5 Å². The second-order valence-electron chi connectivity index (χ2n) is 4.40. The predicted octanol–water partition coefficient (Wildman–Crippen LogP) is 1.82. The molecule has 0 radical (unpaired) electrons. The zero-order valence-corrected chi connectivity index (χ0v) is 11.6. The van der Waals surface area contributed by atoms with Gasteiger partial charge in [0, 0.05) is 11.3 Å². The van der Waals surface area contributed by atoms with Gasteiger partial charge in [-0.2, -0.15) is 0 Å². The summed E-state index contributed by atoms with van der Waals surface area (Å²) in [6, 6.07) is 13.8. The minimum absolute atomic E-state index is 0.430. The molecular formula is C14H14N2O3S. The van der Waals surface area contributed by atoms with E-state index in [9.17, 15) is 13.2 Å². The van der Waals surface area contributed by atoms with Gasteiger partial charge in [-0.25, -0.2) is 8.42 Å². The van der Waals surface area contributed by atoms with E-state index in [1.807, 2.05) is 6.07 Å². The minimum atomic E-state index is -3.31. The number of primary amides is 1. The molecule has 2 rings (SSSR count). The summed E-state index contributed by atoms with van der Waals surface area (Å²) in [5, 5.41) is 0. The first kappa shape index (κ1) is 14.1. The fourth-order valence-electron chi connectivity index (χ4n) is 1.80. The van der Waals surface area contributed by atoms with Crippen LogP contribution in [0.2, 0.25) is 0 Å². The number of anilines is 1. The van der Waals surface area contributed by atoms with Gasteiger partial charge < -0.3 is 5.73 Å². The summed E-state index contributed by atoms with van der Waals surface area (Å²) in [5.41, 5.74) is 7.81. The predicted molar refractivity (Wildman–Crippen MR) is 78.9 cm³/mol. The smallest absolute Gasteiger partial charge is 0.248 e. The highest BCUT2D eigenvalue weighted by Gasteiger charge is 2.05. The summed E-state index contributed by atoms with van der Waals surface area (Å²) in [5.74, 6) is -0.482. The van der Waals surface area contributed by atoms with E-state index in [-0.39, 0.29) is 0 Å². The molecule has 0 fully saturated rings. The quantitative estimate of drug-likeness (QED) is 0.900. The van der Waals surface area contributed by atoms with E-state index in [0.717, 1.165) is 17.4 Å². The summed E-state index contributed by atoms with van der Waals surface area (Å²) in [7, 11) is -3.31. The highest BCUT2D eigenvalue weighted by molar-refractivity contribution is 7.92. The van der Waals surface area contributed by atoms with Crippen molar-refractivity contribution in [2.75, 3.05) is 11.0 Å². The van der Waals surface area contributed by atoms with Gasteiger partial charge in [0.2, 0.25) is 15.9 Å². The molecule has 2 aromatic rings. The first-order valence-corrected chi connectivity index (χ1v) is 7.72. The third-order valence-electron chi connectivity index (χ3n) is 2.67. The first-order valence-electron chi connectivity index (χ1n) is 5.83. The number of sulfonamides is 1. The molecular weight excluding hydrogens is 276 g/mol. The topological polar surface area (TPSA) is 89.3 Å². The van der Waals surface area contributed by atoms with Crippen LogP contribution in [0.4, 0.5) is 5.69 Å². The Kier molecular flexibility index (Phi) is 3.76. The Labute approximate surface area is 117 Å². The van der Waals surface area contributed by atoms with Crippen molar-refractivity contribution < 1.29 is 13.2 Å². The summed E-state index contributed by atoms with van der Waals surface area (Å²) in [4.78, 5) is 11.0. The number of amides is 1. The van der Waals surface area contributed by atoms with Crippen LogP contribution in [0.15, 0.2) is 48.5 Å². The van der Waals surface area contributed by atoms with Gasteiger partial charge >= 0.3 is 0 Å². The van der Waals surface area contributed by atoms with Gasteiger partial charge in [0.1, 0.15) is 0 Å². The highest BCUT2D eigenvalue weighted by Crippen LogP contribution is 2.23. The Hall–Kier alpha value is -2.34. The van der Waals surface area contributed by atoms with Crippen LogP contribution in [0, 0.1) is 0 Å². The van der Waals surface area contributed by atoms with Gasteiger partial charge in [0.25, 0.3) is 0 Å². The molecule has 2 aromatic carbocycles. The lowest BCUT2D eigenvalue weighted by atomic mass is 10.0. The van der Waals surface area contributed by atoms with Crippen LogP contribution in [0.3, 0.4) is 0 Å². The highest BCUT2D eigenvalue weighted by atomic mass is 32.2. The molecule has 3 N–H and O–H groups in total. The SMILES string of the molecule is CS(=O)(=O)Nc1cccc(-c2ccc(C(N)=O)cc2)c1. The first-order chi connectivity index (χ1) is 9.35. The molecule has 0 aliphatic rings. The molecule has 5 nitrogen and oxygen atoms in total. The van der Waals surface area contributed by atoms with Crippen LogP contribution in [0.25, 0.3) is 11.1 Å². The van der Waals surface area contributed by atoms with Crippen molar-refractivity contribution in [1.82, 2.24) is 0 Å². The van der Waals surface area contributed by atoms with Gasteiger partial charge in [-0.05, 0) is 35.4 Å². The van der Waals surface area contributed by atoms with Gasteiger partial charge in [-0.15, -0.1) is 0 Å². The monoisotopic (exact) mass is 290 g/mol. The molecule has 0 atom stereocenters. The average molecular weight is 290 g/mol. The van der Waals surface area contributed by atoms with Crippen LogP contribution in [0.5, 0.6) is 0 Å². The largest absolute Gasteiger partial charge is 0.366 e. The van der Waals surface area contributed by atoms with Gasteiger partial charge in [-0.3, -0.25) is 9.52 Å². The second kappa shape index (κ2) is 5.34. The molecule has 104 valence electrons. The van der Waals surface area contributed by atoms with Crippen molar-refractivity contribution in [2.24, 2.45) is 5.73 Å². The number of nitrogens with two attached hydrogens (primary N) is 1. The van der Waals surface area contributed by atoms with Crippen molar-refractivity contribution in [2.45, 2.75) is 0 Å². The van der Waals surface area contributed by atoms with E-state index in [4.69, 9.17) is 5.73 Å². The molecule has 6 heteroatoms. The number of hydrogen-bond donors (Lipinski definition) is 2. The number of benzene rings is 2.